The number of hydrogen-bond acceptors (Lipinski definition) is 3. The molecule has 0 fully saturated rings. The van der Waals surface area contributed by atoms with Crippen LogP contribution in [0.3, 0.4) is 0 Å². The van der Waals surface area contributed by atoms with Crippen molar-refractivity contribution in [2.24, 2.45) is 5.92 Å². The van der Waals surface area contributed by atoms with Gasteiger partial charge in [-0.2, -0.15) is 13.2 Å². The van der Waals surface area contributed by atoms with Crippen molar-refractivity contribution >= 4 is 17.7 Å². The quantitative estimate of drug-likeness (QED) is 0.624. The van der Waals surface area contributed by atoms with E-state index in [9.17, 15) is 26.7 Å². The molecule has 0 atom stereocenters. The number of thioether (sulfide) groups is 1. The smallest absolute Gasteiger partial charge is 0.434 e. The predicted molar refractivity (Wildman–Crippen MR) is 71.5 cm³/mol. The van der Waals surface area contributed by atoms with Crippen molar-refractivity contribution in [2.75, 3.05) is 6.26 Å². The van der Waals surface area contributed by atoms with Crippen LogP contribution in [0.25, 0.3) is 0 Å². The molecule has 0 aromatic carbocycles. The van der Waals surface area contributed by atoms with Crippen LogP contribution in [-0.4, -0.2) is 22.3 Å². The van der Waals surface area contributed by atoms with Gasteiger partial charge in [-0.1, -0.05) is 13.8 Å². The minimum Gasteiger partial charge on any atom is -0.478 e. The zero-order valence-electron chi connectivity index (χ0n) is 12.0. The first-order chi connectivity index (χ1) is 10.0. The molecule has 0 unspecified atom stereocenters. The van der Waals surface area contributed by atoms with E-state index in [2.05, 4.69) is 4.98 Å². The Balaban J connectivity index is 3.87. The summed E-state index contributed by atoms with van der Waals surface area (Å²) >= 11 is 0.770. The van der Waals surface area contributed by atoms with Crippen LogP contribution in [0.5, 0.6) is 0 Å². The van der Waals surface area contributed by atoms with Gasteiger partial charge in [0.05, 0.1) is 5.56 Å². The zero-order chi connectivity index (χ0) is 17.2. The normalized spacial score (nSPS) is 12.3. The third kappa shape index (κ3) is 3.88. The Labute approximate surface area is 127 Å². The lowest BCUT2D eigenvalue weighted by atomic mass is 9.96. The van der Waals surface area contributed by atoms with Crippen LogP contribution in [-0.2, 0) is 12.6 Å². The number of aromatic nitrogens is 1. The summed E-state index contributed by atoms with van der Waals surface area (Å²) in [6.07, 6.45) is -7.02. The Kier molecular flexibility index (Phi) is 5.77. The van der Waals surface area contributed by atoms with E-state index in [-0.39, 0.29) is 22.8 Å². The van der Waals surface area contributed by atoms with E-state index in [1.807, 2.05) is 0 Å². The maximum Gasteiger partial charge on any atom is 0.434 e. The Bertz CT molecular complexity index is 573. The van der Waals surface area contributed by atoms with Gasteiger partial charge in [0.2, 0.25) is 0 Å². The Morgan fingerprint density at radius 1 is 1.32 bits per heavy atom. The fourth-order valence-electron chi connectivity index (χ4n) is 2.05. The van der Waals surface area contributed by atoms with E-state index >= 15 is 0 Å². The molecule has 0 bridgehead atoms. The molecule has 0 saturated heterocycles. The number of alkyl halides is 5. The lowest BCUT2D eigenvalue weighted by Crippen LogP contribution is -2.21. The summed E-state index contributed by atoms with van der Waals surface area (Å²) in [6.45, 7) is 3.32. The molecule has 1 aromatic rings. The Morgan fingerprint density at radius 3 is 2.18 bits per heavy atom. The third-order valence-corrected chi connectivity index (χ3v) is 3.65. The number of hydrogen-bond donors (Lipinski definition) is 1. The number of carboxylic acid groups (broad SMARTS) is 1. The highest BCUT2D eigenvalue weighted by Crippen LogP contribution is 2.40. The first-order valence-electron chi connectivity index (χ1n) is 6.20. The number of nitrogens with zero attached hydrogens (tertiary/aromatic N) is 1. The minimum absolute atomic E-state index is 0.0663. The first-order valence-corrected chi connectivity index (χ1v) is 7.42. The molecule has 1 heterocycles. The highest BCUT2D eigenvalue weighted by atomic mass is 32.2. The van der Waals surface area contributed by atoms with E-state index in [0.717, 1.165) is 11.8 Å². The van der Waals surface area contributed by atoms with Crippen molar-refractivity contribution in [3.63, 3.8) is 0 Å². The predicted octanol–water partition coefficient (Wildman–Crippen LogP) is 4.66. The lowest BCUT2D eigenvalue weighted by Gasteiger charge is -2.20. The highest BCUT2D eigenvalue weighted by molar-refractivity contribution is 7.98. The molecule has 1 aromatic heterocycles. The van der Waals surface area contributed by atoms with Gasteiger partial charge in [-0.05, 0) is 24.2 Å². The van der Waals surface area contributed by atoms with Crippen molar-refractivity contribution < 1.29 is 31.9 Å². The standard InChI is InChI=1S/C13H14F5NO2S/c1-5(2)4-6-7(12(20)21)10(13(16,17)18)19-8(11(14)15)9(6)22-3/h5,11H,4H2,1-3H3,(H,20,21). The second-order valence-electron chi connectivity index (χ2n) is 4.93. The monoisotopic (exact) mass is 343 g/mol. The summed E-state index contributed by atoms with van der Waals surface area (Å²) < 4.78 is 65.2. The van der Waals surface area contributed by atoms with E-state index < -0.39 is 35.5 Å². The van der Waals surface area contributed by atoms with Crippen LogP contribution in [0.2, 0.25) is 0 Å². The molecule has 0 spiro atoms. The summed E-state index contributed by atoms with van der Waals surface area (Å²) in [5, 5.41) is 9.14. The van der Waals surface area contributed by atoms with Crippen molar-refractivity contribution in [1.82, 2.24) is 4.98 Å². The summed E-state index contributed by atoms with van der Waals surface area (Å²) in [7, 11) is 0. The maximum absolute atomic E-state index is 13.0. The maximum atomic E-state index is 13.0. The molecule has 1 rings (SSSR count). The molecule has 0 aliphatic carbocycles. The van der Waals surface area contributed by atoms with Gasteiger partial charge in [-0.25, -0.2) is 18.6 Å². The summed E-state index contributed by atoms with van der Waals surface area (Å²) in [5.74, 6) is -2.04. The number of carboxylic acids is 1. The number of aromatic carboxylic acids is 1. The average molecular weight is 343 g/mol. The molecule has 0 radical (unpaired) electrons. The lowest BCUT2D eigenvalue weighted by molar-refractivity contribution is -0.142. The minimum atomic E-state index is -5.12. The Hall–Kier alpha value is -1.38. The van der Waals surface area contributed by atoms with Gasteiger partial charge in [-0.15, -0.1) is 11.8 Å². The van der Waals surface area contributed by atoms with Crippen LogP contribution in [0.4, 0.5) is 22.0 Å². The van der Waals surface area contributed by atoms with Gasteiger partial charge < -0.3 is 5.11 Å². The van der Waals surface area contributed by atoms with Crippen molar-refractivity contribution in [1.29, 1.82) is 0 Å². The zero-order valence-corrected chi connectivity index (χ0v) is 12.8. The summed E-state index contributed by atoms with van der Waals surface area (Å²) in [5.41, 5.74) is -4.09. The largest absolute Gasteiger partial charge is 0.478 e. The van der Waals surface area contributed by atoms with Crippen LogP contribution in [0.1, 0.15) is 47.6 Å². The van der Waals surface area contributed by atoms with Crippen LogP contribution >= 0.6 is 11.8 Å². The number of carbonyl (C=O) groups is 1. The van der Waals surface area contributed by atoms with Gasteiger partial charge in [0, 0.05) is 4.90 Å². The molecule has 22 heavy (non-hydrogen) atoms. The highest BCUT2D eigenvalue weighted by Gasteiger charge is 2.41. The molecule has 1 N–H and O–H groups in total. The van der Waals surface area contributed by atoms with Crippen LogP contribution in [0, 0.1) is 5.92 Å². The topological polar surface area (TPSA) is 50.2 Å². The molecule has 0 saturated carbocycles. The molecule has 0 aliphatic rings. The average Bonchev–Trinajstić information content (AvgIpc) is 2.34. The second-order valence-corrected chi connectivity index (χ2v) is 5.75. The molecular formula is C13H14F5NO2S. The van der Waals surface area contributed by atoms with Gasteiger partial charge in [0.15, 0.2) is 5.69 Å². The van der Waals surface area contributed by atoms with Gasteiger partial charge in [0.25, 0.3) is 6.43 Å². The van der Waals surface area contributed by atoms with Crippen LogP contribution < -0.4 is 0 Å². The summed E-state index contributed by atoms with van der Waals surface area (Å²) in [6, 6.07) is 0. The summed E-state index contributed by atoms with van der Waals surface area (Å²) in [4.78, 5) is 14.0. The van der Waals surface area contributed by atoms with Crippen molar-refractivity contribution in [3.05, 3.63) is 22.5 Å². The molecule has 0 amide bonds. The van der Waals surface area contributed by atoms with E-state index in [1.54, 1.807) is 13.8 Å². The number of pyridine rings is 1. The van der Waals surface area contributed by atoms with Gasteiger partial charge >= 0.3 is 12.1 Å². The molecule has 9 heteroatoms. The first kappa shape index (κ1) is 18.7. The molecule has 0 aliphatic heterocycles. The van der Waals surface area contributed by atoms with Gasteiger partial charge in [-0.3, -0.25) is 0 Å². The van der Waals surface area contributed by atoms with Crippen molar-refractivity contribution in [3.8, 4) is 0 Å². The number of halogens is 5. The molecule has 124 valence electrons. The van der Waals surface area contributed by atoms with E-state index in [0.29, 0.717) is 0 Å². The Morgan fingerprint density at radius 2 is 1.86 bits per heavy atom. The fraction of sp³-hybridized carbons (Fsp3) is 0.538. The SMILES string of the molecule is CSc1c(C(F)F)nc(C(F)(F)F)c(C(=O)O)c1CC(C)C. The molecular weight excluding hydrogens is 329 g/mol. The second kappa shape index (κ2) is 6.80. The fourth-order valence-corrected chi connectivity index (χ4v) is 2.83. The van der Waals surface area contributed by atoms with Gasteiger partial charge in [0.1, 0.15) is 5.69 Å². The third-order valence-electron chi connectivity index (χ3n) is 2.78. The number of rotatable bonds is 5. The molecule has 3 nitrogen and oxygen atoms in total. The van der Waals surface area contributed by atoms with Crippen molar-refractivity contribution in [2.45, 2.75) is 37.8 Å². The van der Waals surface area contributed by atoms with E-state index in [1.165, 1.54) is 6.26 Å². The van der Waals surface area contributed by atoms with Crippen LogP contribution in [0.15, 0.2) is 4.90 Å². The van der Waals surface area contributed by atoms with E-state index in [4.69, 9.17) is 5.11 Å².